The van der Waals surface area contributed by atoms with Crippen LogP contribution in [0.25, 0.3) is 0 Å². The highest BCUT2D eigenvalue weighted by atomic mass is 35.5. The van der Waals surface area contributed by atoms with Crippen molar-refractivity contribution < 1.29 is 203 Å². The molecule has 38 heteroatoms. The van der Waals surface area contributed by atoms with Gasteiger partial charge in [0.25, 0.3) is 0 Å². The maximum absolute atomic E-state index is 13.5. The summed E-state index contributed by atoms with van der Waals surface area (Å²) in [6.07, 6.45) is -19.0. The lowest BCUT2D eigenvalue weighted by molar-refractivity contribution is -0.948. The van der Waals surface area contributed by atoms with Gasteiger partial charge in [-0.1, -0.05) is 0 Å². The van der Waals surface area contributed by atoms with Gasteiger partial charge in [-0.15, -0.1) is 0 Å². The van der Waals surface area contributed by atoms with Gasteiger partial charge in [0.05, 0.1) is 82.8 Å². The second-order valence-electron chi connectivity index (χ2n) is 18.0. The Hall–Kier alpha value is -0.920. The molecule has 456 valence electrons. The Morgan fingerprint density at radius 2 is 0.703 bits per heavy atom. The van der Waals surface area contributed by atoms with Crippen LogP contribution < -0.4 is 59.4 Å². The molecule has 0 radical (unpaired) electrons. The summed E-state index contributed by atoms with van der Waals surface area (Å²) >= 11 is 0. The highest BCUT2D eigenvalue weighted by Gasteiger charge is 2.77. The van der Waals surface area contributed by atoms with E-state index in [1.165, 1.54) is 51.1 Å². The Balaban J connectivity index is -0.000000316. The molecule has 1 rings (SSSR count). The van der Waals surface area contributed by atoms with Crippen molar-refractivity contribution in [3.63, 3.8) is 0 Å². The molecule has 3 unspecified atom stereocenters. The summed E-state index contributed by atoms with van der Waals surface area (Å²) < 4.78 is 323. The second kappa shape index (κ2) is 32.4. The van der Waals surface area contributed by atoms with E-state index in [1.54, 1.807) is 0 Å². The highest BCUT2D eigenvalue weighted by molar-refractivity contribution is 5.00. The van der Waals surface area contributed by atoms with Crippen molar-refractivity contribution >= 4 is 0 Å². The van der Waals surface area contributed by atoms with Crippen molar-refractivity contribution in [1.29, 1.82) is 0 Å². The molecular weight excluding hydrogens is 1180 g/mol. The maximum atomic E-state index is 13.5. The number of halogens is 28. The predicted octanol–water partition coefficient (Wildman–Crippen LogP) is -7.90. The largest absolute Gasteiger partial charge is 1.00 e. The number of rotatable bonds is 31. The number of ether oxygens (including phenoxy) is 4. The molecular formula is C36H60Cl4F24N4O6. The van der Waals surface area contributed by atoms with Crippen LogP contribution in [0.5, 0.6) is 0 Å². The predicted molar refractivity (Wildman–Crippen MR) is 196 cm³/mol. The average Bonchev–Trinajstić information content (AvgIpc) is 4.00. The van der Waals surface area contributed by atoms with Gasteiger partial charge in [0, 0.05) is 0 Å². The Bertz CT molecular complexity index is 1440. The summed E-state index contributed by atoms with van der Waals surface area (Å²) in [5.74, 6) is -55.0. The fourth-order valence-corrected chi connectivity index (χ4v) is 5.01. The number of aliphatic hydroxyl groups is 2. The molecule has 0 aromatic rings. The maximum Gasteiger partial charge on any atom is 0.380 e. The molecule has 0 spiro atoms. The van der Waals surface area contributed by atoms with Gasteiger partial charge in [-0.25, -0.2) is 26.3 Å². The fraction of sp³-hybridized carbons (Fsp3) is 1.00. The first-order valence-electron chi connectivity index (χ1n) is 20.1. The molecule has 10 nitrogen and oxygen atoms in total. The fourth-order valence-electron chi connectivity index (χ4n) is 5.01. The third-order valence-corrected chi connectivity index (χ3v) is 9.48. The third-order valence-electron chi connectivity index (χ3n) is 9.48. The van der Waals surface area contributed by atoms with Gasteiger partial charge in [-0.2, -0.15) is 79.0 Å². The topological polar surface area (TPSA) is 89.6 Å². The number of likely N-dealkylation sites (N-methyl/N-ethyl adjacent to an activating group) is 4. The number of nitrogens with zero attached hydrogens (tertiary/aromatic N) is 2. The Labute approximate surface area is 435 Å². The van der Waals surface area contributed by atoms with Crippen molar-refractivity contribution in [2.75, 3.05) is 142 Å². The van der Waals surface area contributed by atoms with Crippen LogP contribution in [-0.2, 0) is 18.9 Å². The standard InChI is InChI=1S/C22H34F16N2O4.C8H8F8O2.C6H16N2.4ClH/c1-39(2,7-13(41)9-43-11-17(27,28)21(35,36)19(31,32)15(23)24)5-6-40(3,4)8-14(42)10-44-12-18(29,30)22(37,38)20(33,34)16(25)26;9-5(10)7(13,14)8(15,16)6(11,12)3-17-1-4-2-18-4;1-7(2)5-6-8(3)4;;;;/h13-16,41-42H,5-12H2,1-4H3;4-5H,1-3H2;5-6H2,1-4H3;4*1H/q+2;;;;;;/p-2. The summed E-state index contributed by atoms with van der Waals surface area (Å²) in [6.45, 7) is -7.50. The number of epoxide rings is 1. The van der Waals surface area contributed by atoms with E-state index in [2.05, 4.69) is 47.1 Å². The molecule has 3 atom stereocenters. The number of nitrogens with one attached hydrogen (secondary N) is 2. The minimum atomic E-state index is -6.48. The van der Waals surface area contributed by atoms with E-state index >= 15 is 0 Å². The van der Waals surface area contributed by atoms with Crippen LogP contribution in [0.3, 0.4) is 0 Å². The number of quaternary nitrogens is 4. The molecule has 1 aliphatic heterocycles. The van der Waals surface area contributed by atoms with Crippen LogP contribution in [0.1, 0.15) is 0 Å². The SMILES string of the molecule is C[N+](C)(CC[N+](C)(C)CC(O)COCC(F)(F)C(F)(F)C(F)(F)C(F)F)CC(O)COCC(F)(F)C(F)(F)C(F)(F)C(F)F.C[NH+](C)CC[NH+](C)C.FC(F)C(F)(F)C(F)(F)C(F)(F)COCC1CO1.[Cl-].[Cl-].[Cl-].[Cl-]. The van der Waals surface area contributed by atoms with Crippen LogP contribution in [0.4, 0.5) is 105 Å². The van der Waals surface area contributed by atoms with E-state index in [9.17, 15) is 116 Å². The van der Waals surface area contributed by atoms with Crippen LogP contribution in [0, 0.1) is 0 Å². The molecule has 1 fully saturated rings. The van der Waals surface area contributed by atoms with Gasteiger partial charge in [0.15, 0.2) is 0 Å². The van der Waals surface area contributed by atoms with Crippen molar-refractivity contribution in [2.45, 2.75) is 90.9 Å². The Morgan fingerprint density at radius 3 is 0.905 bits per heavy atom. The van der Waals surface area contributed by atoms with Gasteiger partial charge < -0.3 is 97.6 Å². The Kier molecular flexibility index (Phi) is 36.9. The molecule has 74 heavy (non-hydrogen) atoms. The van der Waals surface area contributed by atoms with Gasteiger partial charge in [-0.3, -0.25) is 0 Å². The van der Waals surface area contributed by atoms with Gasteiger partial charge in [-0.05, 0) is 0 Å². The van der Waals surface area contributed by atoms with Crippen LogP contribution >= 0.6 is 0 Å². The molecule has 1 heterocycles. The van der Waals surface area contributed by atoms with Gasteiger partial charge >= 0.3 is 72.6 Å². The zero-order valence-electron chi connectivity index (χ0n) is 40.2. The first-order chi connectivity index (χ1) is 30.9. The number of aliphatic hydroxyl groups excluding tert-OH is 2. The van der Waals surface area contributed by atoms with E-state index in [4.69, 9.17) is 0 Å². The molecule has 4 N–H and O–H groups in total. The quantitative estimate of drug-likeness (QED) is 0.0314. The number of hydrogen-bond donors (Lipinski definition) is 4. The monoisotopic (exact) mass is 1240 g/mol. The van der Waals surface area contributed by atoms with Crippen LogP contribution in [-0.4, -0.2) is 252 Å². The molecule has 0 saturated carbocycles. The smallest absolute Gasteiger partial charge is 0.380 e. The molecule has 0 aromatic carbocycles. The average molecular weight is 1240 g/mol. The minimum absolute atomic E-state index is 0. The lowest BCUT2D eigenvalue weighted by Gasteiger charge is -2.37. The molecule has 0 bridgehead atoms. The normalized spacial score (nSPS) is 16.3. The lowest BCUT2D eigenvalue weighted by atomic mass is 10.1. The van der Waals surface area contributed by atoms with E-state index in [0.717, 1.165) is 0 Å². The molecule has 0 amide bonds. The molecule has 1 aliphatic rings. The molecule has 0 aromatic heterocycles. The van der Waals surface area contributed by atoms with E-state index in [-0.39, 0.29) is 91.4 Å². The zero-order valence-corrected chi connectivity index (χ0v) is 43.2. The second-order valence-corrected chi connectivity index (χ2v) is 18.0. The minimum Gasteiger partial charge on any atom is -1.00 e. The van der Waals surface area contributed by atoms with Crippen molar-refractivity contribution in [1.82, 2.24) is 0 Å². The van der Waals surface area contributed by atoms with Gasteiger partial charge in [0.2, 0.25) is 0 Å². The number of alkyl halides is 24. The summed E-state index contributed by atoms with van der Waals surface area (Å²) in [4.78, 5) is 3.07. The van der Waals surface area contributed by atoms with Crippen LogP contribution in [0.2, 0.25) is 0 Å². The molecule has 1 saturated heterocycles. The summed E-state index contributed by atoms with van der Waals surface area (Å²) in [5.41, 5.74) is 0. The van der Waals surface area contributed by atoms with Crippen molar-refractivity contribution in [2.24, 2.45) is 0 Å². The van der Waals surface area contributed by atoms with Crippen LogP contribution in [0.15, 0.2) is 0 Å². The number of hydrogen-bond acceptors (Lipinski definition) is 6. The highest BCUT2D eigenvalue weighted by Crippen LogP contribution is 2.51. The van der Waals surface area contributed by atoms with Crippen molar-refractivity contribution in [3.8, 4) is 0 Å². The first-order valence-corrected chi connectivity index (χ1v) is 20.1. The summed E-state index contributed by atoms with van der Waals surface area (Å²) in [5, 5.41) is 20.0. The molecule has 0 aliphatic carbocycles. The summed E-state index contributed by atoms with van der Waals surface area (Å²) in [7, 11) is 14.5. The Morgan fingerprint density at radius 1 is 0.473 bits per heavy atom. The van der Waals surface area contributed by atoms with E-state index in [0.29, 0.717) is 0 Å². The van der Waals surface area contributed by atoms with Gasteiger partial charge in [0.1, 0.15) is 77.4 Å². The van der Waals surface area contributed by atoms with E-state index < -0.39 is 131 Å². The zero-order chi connectivity index (χ0) is 56.1. The first kappa shape index (κ1) is 84.4. The van der Waals surface area contributed by atoms with Crippen molar-refractivity contribution in [3.05, 3.63) is 0 Å². The summed E-state index contributed by atoms with van der Waals surface area (Å²) in [6, 6.07) is 0. The lowest BCUT2D eigenvalue weighted by Crippen LogP contribution is -3.14. The third kappa shape index (κ3) is 25.5. The van der Waals surface area contributed by atoms with E-state index in [1.807, 2.05) is 0 Å².